The zero-order valence-corrected chi connectivity index (χ0v) is 28.1. The Morgan fingerprint density at radius 2 is 1.33 bits per heavy atom. The van der Waals surface area contributed by atoms with Gasteiger partial charge in [-0.25, -0.2) is 0 Å². The van der Waals surface area contributed by atoms with Crippen LogP contribution in [0.5, 0.6) is 17.2 Å². The van der Waals surface area contributed by atoms with Crippen molar-refractivity contribution in [2.45, 2.75) is 13.0 Å². The molecule has 12 heteroatoms. The number of allylic oxidation sites excluding steroid dienone is 1. The number of nitrogens with zero attached hydrogens (tertiary/aromatic N) is 1. The third kappa shape index (κ3) is 16.4. The van der Waals surface area contributed by atoms with E-state index in [4.69, 9.17) is 43.6 Å². The largest absolute Gasteiger partial charge is 0.497 e. The van der Waals surface area contributed by atoms with Crippen LogP contribution in [0.1, 0.15) is 12.1 Å². The summed E-state index contributed by atoms with van der Waals surface area (Å²) in [5.74, 6) is 2.85. The molecule has 3 aromatic rings. The summed E-state index contributed by atoms with van der Waals surface area (Å²) in [6, 6.07) is 17.1. The number of methoxy groups -OCH3 is 2. The fourth-order valence-electron chi connectivity index (χ4n) is 4.10. The fourth-order valence-corrected chi connectivity index (χ4v) is 4.10. The lowest BCUT2D eigenvalue weighted by atomic mass is 10.2. The van der Waals surface area contributed by atoms with Crippen molar-refractivity contribution in [1.29, 1.82) is 0 Å². The summed E-state index contributed by atoms with van der Waals surface area (Å²) in [5, 5.41) is 6.62. The Morgan fingerprint density at radius 3 is 1.94 bits per heavy atom. The van der Waals surface area contributed by atoms with Crippen molar-refractivity contribution in [3.8, 4) is 17.2 Å². The Balaban J connectivity index is 1.05. The van der Waals surface area contributed by atoms with E-state index in [0.717, 1.165) is 41.5 Å². The molecular formula is C36H50N4O8. The van der Waals surface area contributed by atoms with E-state index in [1.807, 2.05) is 60.7 Å². The highest BCUT2D eigenvalue weighted by molar-refractivity contribution is 5.68. The molecule has 0 bridgehead atoms. The average Bonchev–Trinajstić information content (AvgIpc) is 3.11. The second kappa shape index (κ2) is 23.8. The summed E-state index contributed by atoms with van der Waals surface area (Å²) in [5.41, 5.74) is 9.41. The van der Waals surface area contributed by atoms with E-state index in [9.17, 15) is 0 Å². The summed E-state index contributed by atoms with van der Waals surface area (Å²) >= 11 is 0. The van der Waals surface area contributed by atoms with E-state index in [-0.39, 0.29) is 0 Å². The highest BCUT2D eigenvalue weighted by Gasteiger charge is 2.03. The molecule has 1 aromatic heterocycles. The topological polar surface area (TPSA) is 137 Å². The Bertz CT molecular complexity index is 1320. The zero-order chi connectivity index (χ0) is 34.1. The van der Waals surface area contributed by atoms with Crippen LogP contribution in [0.2, 0.25) is 0 Å². The van der Waals surface area contributed by atoms with Gasteiger partial charge in [0.1, 0.15) is 36.2 Å². The van der Waals surface area contributed by atoms with E-state index in [0.29, 0.717) is 89.8 Å². The lowest BCUT2D eigenvalue weighted by Crippen LogP contribution is -2.14. The van der Waals surface area contributed by atoms with Gasteiger partial charge in [0.15, 0.2) is 0 Å². The van der Waals surface area contributed by atoms with E-state index >= 15 is 0 Å². The third-order valence-electron chi connectivity index (χ3n) is 6.68. The van der Waals surface area contributed by atoms with Crippen molar-refractivity contribution in [3.05, 3.63) is 91.0 Å². The molecule has 0 aliphatic heterocycles. The van der Waals surface area contributed by atoms with Gasteiger partial charge in [-0.15, -0.1) is 0 Å². The van der Waals surface area contributed by atoms with Crippen LogP contribution in [0.4, 0.5) is 17.1 Å². The Hall–Kier alpha value is -4.49. The molecule has 0 fully saturated rings. The van der Waals surface area contributed by atoms with Gasteiger partial charge in [-0.2, -0.15) is 0 Å². The predicted molar refractivity (Wildman–Crippen MR) is 188 cm³/mol. The minimum absolute atomic E-state index is 0.421. The number of ether oxygens (including phenoxy) is 8. The van der Waals surface area contributed by atoms with Gasteiger partial charge in [-0.3, -0.25) is 4.98 Å². The molecule has 0 unspecified atom stereocenters. The van der Waals surface area contributed by atoms with E-state index < -0.39 is 0 Å². The van der Waals surface area contributed by atoms with Crippen LogP contribution in [0.15, 0.2) is 85.3 Å². The van der Waals surface area contributed by atoms with Crippen molar-refractivity contribution < 1.29 is 37.9 Å². The minimum Gasteiger partial charge on any atom is -0.497 e. The molecule has 2 aromatic carbocycles. The van der Waals surface area contributed by atoms with Gasteiger partial charge in [0, 0.05) is 18.3 Å². The van der Waals surface area contributed by atoms with Crippen LogP contribution in [0.3, 0.4) is 0 Å². The van der Waals surface area contributed by atoms with Crippen molar-refractivity contribution in [2.75, 3.05) is 103 Å². The number of hydrogen-bond acceptors (Lipinski definition) is 12. The van der Waals surface area contributed by atoms with Gasteiger partial charge < -0.3 is 54.3 Å². The second-order valence-corrected chi connectivity index (χ2v) is 10.3. The van der Waals surface area contributed by atoms with Crippen molar-refractivity contribution in [1.82, 2.24) is 4.98 Å². The van der Waals surface area contributed by atoms with Crippen molar-refractivity contribution in [3.63, 3.8) is 0 Å². The van der Waals surface area contributed by atoms with Gasteiger partial charge in [0.25, 0.3) is 0 Å². The van der Waals surface area contributed by atoms with E-state index in [1.165, 1.54) is 0 Å². The number of hydrogen-bond donors (Lipinski definition) is 3. The first-order valence-corrected chi connectivity index (χ1v) is 16.0. The number of benzene rings is 2. The molecule has 4 N–H and O–H groups in total. The Morgan fingerprint density at radius 1 is 0.729 bits per heavy atom. The standard InChI is InChI=1S/C36H50N4O8/c1-29(6-4-5-15-38-30-7-10-32(41-2)11-8-30)47-24-22-45-20-18-43-16-17-44-19-21-46-23-25-48-34-12-9-31(39-28-34)27-40-36-14-13-33(42-3)26-35(36)37/h4,6-14,26,28,38,40H,1,5,15-25,27,37H2,2-3H3/b6-4-. The van der Waals surface area contributed by atoms with Gasteiger partial charge in [0.05, 0.1) is 96.9 Å². The average molecular weight is 667 g/mol. The maximum Gasteiger partial charge on any atom is 0.137 e. The van der Waals surface area contributed by atoms with Crippen LogP contribution in [0, 0.1) is 0 Å². The van der Waals surface area contributed by atoms with Gasteiger partial charge in [-0.05, 0) is 61.0 Å². The number of nitrogens with two attached hydrogens (primary N) is 1. The molecule has 0 spiro atoms. The highest BCUT2D eigenvalue weighted by Crippen LogP contribution is 2.24. The first kappa shape index (κ1) is 38.0. The highest BCUT2D eigenvalue weighted by atomic mass is 16.6. The van der Waals surface area contributed by atoms with Gasteiger partial charge in [-0.1, -0.05) is 12.7 Å². The smallest absolute Gasteiger partial charge is 0.137 e. The predicted octanol–water partition coefficient (Wildman–Crippen LogP) is 5.33. The Kier molecular flexibility index (Phi) is 18.8. The number of nitrogens with one attached hydrogen (secondary N) is 2. The summed E-state index contributed by atoms with van der Waals surface area (Å²) < 4.78 is 43.7. The maximum atomic E-state index is 6.05. The van der Waals surface area contributed by atoms with Gasteiger partial charge in [0.2, 0.25) is 0 Å². The number of pyridine rings is 1. The number of nitrogen functional groups attached to an aromatic ring is 1. The number of anilines is 3. The Labute approximate surface area is 284 Å². The molecule has 0 aliphatic carbocycles. The molecule has 48 heavy (non-hydrogen) atoms. The summed E-state index contributed by atoms with van der Waals surface area (Å²) in [4.78, 5) is 4.43. The van der Waals surface area contributed by atoms with Crippen LogP contribution >= 0.6 is 0 Å². The quantitative estimate of drug-likeness (QED) is 0.0420. The molecule has 12 nitrogen and oxygen atoms in total. The van der Waals surface area contributed by atoms with Crippen LogP contribution in [0.25, 0.3) is 0 Å². The first-order valence-electron chi connectivity index (χ1n) is 16.0. The SMILES string of the molecule is C=C(/C=C\CCNc1ccc(OC)cc1)OCCOCCOCCOCCOCCOc1ccc(CNc2ccc(OC)cc2N)nc1. The van der Waals surface area contributed by atoms with E-state index in [1.54, 1.807) is 26.5 Å². The molecule has 1 heterocycles. The normalized spacial score (nSPS) is 11.0. The third-order valence-corrected chi connectivity index (χ3v) is 6.68. The first-order chi connectivity index (χ1) is 23.6. The molecule has 262 valence electrons. The molecule has 0 radical (unpaired) electrons. The summed E-state index contributed by atoms with van der Waals surface area (Å²) in [6.07, 6.45) is 6.44. The summed E-state index contributed by atoms with van der Waals surface area (Å²) in [7, 11) is 3.27. The molecule has 0 saturated heterocycles. The minimum atomic E-state index is 0.421. The molecule has 3 rings (SSSR count). The molecule has 0 amide bonds. The molecule has 0 atom stereocenters. The fraction of sp³-hybridized carbons (Fsp3) is 0.417. The zero-order valence-electron chi connectivity index (χ0n) is 28.1. The molecular weight excluding hydrogens is 616 g/mol. The van der Waals surface area contributed by atoms with E-state index in [2.05, 4.69) is 22.2 Å². The number of rotatable bonds is 27. The van der Waals surface area contributed by atoms with Crippen molar-refractivity contribution in [2.24, 2.45) is 0 Å². The summed E-state index contributed by atoms with van der Waals surface area (Å²) in [6.45, 7) is 9.94. The lowest BCUT2D eigenvalue weighted by molar-refractivity contribution is -0.00888. The van der Waals surface area contributed by atoms with Crippen LogP contribution in [-0.2, 0) is 30.2 Å². The van der Waals surface area contributed by atoms with Crippen molar-refractivity contribution >= 4 is 17.1 Å². The van der Waals surface area contributed by atoms with Crippen LogP contribution < -0.4 is 30.6 Å². The molecule has 0 saturated carbocycles. The maximum absolute atomic E-state index is 6.05. The van der Waals surface area contributed by atoms with Crippen LogP contribution in [-0.4, -0.2) is 91.8 Å². The second-order valence-electron chi connectivity index (χ2n) is 10.3. The van der Waals surface area contributed by atoms with Gasteiger partial charge >= 0.3 is 0 Å². The number of aromatic nitrogens is 1. The monoisotopic (exact) mass is 666 g/mol. The lowest BCUT2D eigenvalue weighted by Gasteiger charge is -2.11. The molecule has 0 aliphatic rings.